The van der Waals surface area contributed by atoms with E-state index >= 15 is 0 Å². The molecule has 104 valence electrons. The van der Waals surface area contributed by atoms with Gasteiger partial charge in [0.1, 0.15) is 0 Å². The highest BCUT2D eigenvalue weighted by molar-refractivity contribution is 5.94. The highest BCUT2D eigenvalue weighted by atomic mass is 16.1. The first-order valence-electron chi connectivity index (χ1n) is 7.06. The lowest BCUT2D eigenvalue weighted by Gasteiger charge is -2.12. The summed E-state index contributed by atoms with van der Waals surface area (Å²) in [5, 5.41) is 11.9. The average Bonchev–Trinajstić information content (AvgIpc) is 2.93. The third-order valence-electron chi connectivity index (χ3n) is 4.05. The van der Waals surface area contributed by atoms with Crippen LogP contribution in [0, 0.1) is 24.2 Å². The van der Waals surface area contributed by atoms with Crippen molar-refractivity contribution < 1.29 is 4.79 Å². The Balaban J connectivity index is 1.75. The van der Waals surface area contributed by atoms with Gasteiger partial charge < -0.3 is 5.32 Å². The topological polar surface area (TPSA) is 52.9 Å². The number of nitrogens with zero attached hydrogens (tertiary/aromatic N) is 1. The highest BCUT2D eigenvalue weighted by Gasteiger charge is 2.27. The van der Waals surface area contributed by atoms with Crippen molar-refractivity contribution in [1.29, 1.82) is 5.26 Å². The predicted octanol–water partition coefficient (Wildman–Crippen LogP) is 3.22. The van der Waals surface area contributed by atoms with Crippen molar-refractivity contribution in [2.24, 2.45) is 5.92 Å². The number of hydrogen-bond donors (Lipinski definition) is 1. The summed E-state index contributed by atoms with van der Waals surface area (Å²) in [7, 11) is 0. The zero-order valence-electron chi connectivity index (χ0n) is 11.9. The van der Waals surface area contributed by atoms with E-state index in [1.807, 2.05) is 25.1 Å². The largest absolute Gasteiger partial charge is 0.326 e. The van der Waals surface area contributed by atoms with Gasteiger partial charge in [-0.05, 0) is 48.6 Å². The molecule has 0 saturated carbocycles. The van der Waals surface area contributed by atoms with E-state index < -0.39 is 0 Å². The Morgan fingerprint density at radius 3 is 2.48 bits per heavy atom. The van der Waals surface area contributed by atoms with E-state index in [-0.39, 0.29) is 11.8 Å². The van der Waals surface area contributed by atoms with Crippen molar-refractivity contribution in [3.63, 3.8) is 0 Å². The van der Waals surface area contributed by atoms with Crippen LogP contribution >= 0.6 is 0 Å². The van der Waals surface area contributed by atoms with E-state index in [9.17, 15) is 4.79 Å². The normalized spacial score (nSPS) is 13.5. The van der Waals surface area contributed by atoms with Gasteiger partial charge in [-0.25, -0.2) is 0 Å². The molecule has 1 aliphatic carbocycles. The zero-order valence-corrected chi connectivity index (χ0v) is 11.9. The van der Waals surface area contributed by atoms with Crippen molar-refractivity contribution in [3.05, 3.63) is 64.7 Å². The molecule has 0 fully saturated rings. The van der Waals surface area contributed by atoms with Crippen LogP contribution in [0.1, 0.15) is 22.3 Å². The number of rotatable bonds is 2. The molecule has 1 aliphatic rings. The van der Waals surface area contributed by atoms with Crippen LogP contribution in [0.15, 0.2) is 42.5 Å². The summed E-state index contributed by atoms with van der Waals surface area (Å²) < 4.78 is 0. The SMILES string of the molecule is Cc1ccc(C#N)cc1NC(=O)C1Cc2ccccc2C1. The summed E-state index contributed by atoms with van der Waals surface area (Å²) in [6.07, 6.45) is 1.58. The maximum absolute atomic E-state index is 12.4. The van der Waals surface area contributed by atoms with Crippen LogP contribution in [-0.4, -0.2) is 5.91 Å². The maximum Gasteiger partial charge on any atom is 0.228 e. The fraction of sp³-hybridized carbons (Fsp3) is 0.222. The summed E-state index contributed by atoms with van der Waals surface area (Å²) >= 11 is 0. The molecule has 0 atom stereocenters. The Morgan fingerprint density at radius 1 is 1.19 bits per heavy atom. The van der Waals surface area contributed by atoms with Crippen molar-refractivity contribution in [1.82, 2.24) is 0 Å². The lowest BCUT2D eigenvalue weighted by atomic mass is 10.0. The number of nitriles is 1. The number of carbonyl (C=O) groups excluding carboxylic acids is 1. The van der Waals surface area contributed by atoms with Gasteiger partial charge in [-0.15, -0.1) is 0 Å². The van der Waals surface area contributed by atoms with E-state index in [2.05, 4.69) is 23.5 Å². The predicted molar refractivity (Wildman–Crippen MR) is 81.9 cm³/mol. The molecule has 2 aromatic carbocycles. The van der Waals surface area contributed by atoms with Gasteiger partial charge in [0.15, 0.2) is 0 Å². The lowest BCUT2D eigenvalue weighted by molar-refractivity contribution is -0.119. The number of benzene rings is 2. The molecule has 1 N–H and O–H groups in total. The molecule has 0 aromatic heterocycles. The molecule has 0 aliphatic heterocycles. The molecule has 0 unspecified atom stereocenters. The van der Waals surface area contributed by atoms with Crippen LogP contribution in [0.2, 0.25) is 0 Å². The third-order valence-corrected chi connectivity index (χ3v) is 4.05. The minimum Gasteiger partial charge on any atom is -0.326 e. The molecule has 0 spiro atoms. The van der Waals surface area contributed by atoms with Crippen LogP contribution in [0.25, 0.3) is 0 Å². The average molecular weight is 276 g/mol. The number of carbonyl (C=O) groups is 1. The number of amides is 1. The molecule has 0 bridgehead atoms. The zero-order chi connectivity index (χ0) is 14.8. The Morgan fingerprint density at radius 2 is 1.86 bits per heavy atom. The lowest BCUT2D eigenvalue weighted by Crippen LogP contribution is -2.23. The molecule has 0 radical (unpaired) electrons. The first kappa shape index (κ1) is 13.4. The van der Waals surface area contributed by atoms with E-state index in [4.69, 9.17) is 5.26 Å². The summed E-state index contributed by atoms with van der Waals surface area (Å²) in [5.74, 6) is 0.0110. The van der Waals surface area contributed by atoms with E-state index in [0.29, 0.717) is 5.56 Å². The minimum absolute atomic E-state index is 0.0208. The van der Waals surface area contributed by atoms with Gasteiger partial charge in [-0.1, -0.05) is 30.3 Å². The van der Waals surface area contributed by atoms with Crippen LogP contribution in [0.3, 0.4) is 0 Å². The second-order valence-electron chi connectivity index (χ2n) is 5.50. The van der Waals surface area contributed by atoms with Gasteiger partial charge >= 0.3 is 0 Å². The standard InChI is InChI=1S/C18H16N2O/c1-12-6-7-13(11-19)8-17(12)20-18(21)16-9-14-4-2-3-5-15(14)10-16/h2-8,16H,9-10H2,1H3,(H,20,21). The summed E-state index contributed by atoms with van der Waals surface area (Å²) in [5.41, 5.74) is 4.79. The molecule has 1 amide bonds. The number of nitrogens with one attached hydrogen (secondary N) is 1. The number of fused-ring (bicyclic) bond motifs is 1. The molecule has 21 heavy (non-hydrogen) atoms. The molecular weight excluding hydrogens is 260 g/mol. The highest BCUT2D eigenvalue weighted by Crippen LogP contribution is 2.28. The molecule has 3 heteroatoms. The molecule has 3 rings (SSSR count). The second-order valence-corrected chi connectivity index (χ2v) is 5.50. The third kappa shape index (κ3) is 2.66. The van der Waals surface area contributed by atoms with Crippen LogP contribution in [-0.2, 0) is 17.6 Å². The second kappa shape index (κ2) is 5.41. The Hall–Kier alpha value is -2.60. The molecule has 0 heterocycles. The quantitative estimate of drug-likeness (QED) is 0.915. The Kier molecular flexibility index (Phi) is 3.45. The van der Waals surface area contributed by atoms with E-state index in [0.717, 1.165) is 24.1 Å². The van der Waals surface area contributed by atoms with Crippen molar-refractivity contribution >= 4 is 11.6 Å². The molecule has 2 aromatic rings. The molecule has 3 nitrogen and oxygen atoms in total. The van der Waals surface area contributed by atoms with Crippen LogP contribution in [0.4, 0.5) is 5.69 Å². The van der Waals surface area contributed by atoms with Gasteiger partial charge in [0.25, 0.3) is 0 Å². The smallest absolute Gasteiger partial charge is 0.228 e. The summed E-state index contributed by atoms with van der Waals surface area (Å²) in [4.78, 5) is 12.4. The monoisotopic (exact) mass is 276 g/mol. The number of anilines is 1. The van der Waals surface area contributed by atoms with Crippen LogP contribution in [0.5, 0.6) is 0 Å². The summed E-state index contributed by atoms with van der Waals surface area (Å²) in [6.45, 7) is 1.93. The maximum atomic E-state index is 12.4. The fourth-order valence-electron chi connectivity index (χ4n) is 2.81. The van der Waals surface area contributed by atoms with Gasteiger partial charge in [0.2, 0.25) is 5.91 Å². The van der Waals surface area contributed by atoms with Gasteiger partial charge in [-0.3, -0.25) is 4.79 Å². The first-order chi connectivity index (χ1) is 10.2. The van der Waals surface area contributed by atoms with Gasteiger partial charge in [0, 0.05) is 11.6 Å². The van der Waals surface area contributed by atoms with E-state index in [1.54, 1.807) is 12.1 Å². The van der Waals surface area contributed by atoms with Gasteiger partial charge in [0.05, 0.1) is 11.6 Å². The minimum atomic E-state index is -0.0208. The molecule has 0 saturated heterocycles. The van der Waals surface area contributed by atoms with Crippen LogP contribution < -0.4 is 5.32 Å². The van der Waals surface area contributed by atoms with Crippen molar-refractivity contribution in [3.8, 4) is 6.07 Å². The van der Waals surface area contributed by atoms with Crippen molar-refractivity contribution in [2.75, 3.05) is 5.32 Å². The molecular formula is C18H16N2O. The van der Waals surface area contributed by atoms with Crippen molar-refractivity contribution in [2.45, 2.75) is 19.8 Å². The van der Waals surface area contributed by atoms with Gasteiger partial charge in [-0.2, -0.15) is 5.26 Å². The number of hydrogen-bond acceptors (Lipinski definition) is 2. The summed E-state index contributed by atoms with van der Waals surface area (Å²) in [6, 6.07) is 15.7. The Bertz CT molecular complexity index is 718. The number of aryl methyl sites for hydroxylation is 1. The first-order valence-corrected chi connectivity index (χ1v) is 7.06. The van der Waals surface area contributed by atoms with E-state index in [1.165, 1.54) is 11.1 Å². The Labute approximate surface area is 124 Å². The fourth-order valence-corrected chi connectivity index (χ4v) is 2.81.